The Bertz CT molecular complexity index is 139. The first-order valence-corrected chi connectivity index (χ1v) is 4.81. The molecule has 0 spiro atoms. The lowest BCUT2D eigenvalue weighted by Gasteiger charge is -2.05. The van der Waals surface area contributed by atoms with E-state index < -0.39 is 14.5 Å². The molecule has 1 aliphatic heterocycles. The summed E-state index contributed by atoms with van der Waals surface area (Å²) in [6, 6.07) is 0. The second-order valence-electron chi connectivity index (χ2n) is 2.28. The zero-order chi connectivity index (χ0) is 8.10. The van der Waals surface area contributed by atoms with Gasteiger partial charge in [0.05, 0.1) is 0 Å². The predicted molar refractivity (Wildman–Crippen MR) is 39.3 cm³/mol. The van der Waals surface area contributed by atoms with Gasteiger partial charge in [0.15, 0.2) is 6.29 Å². The topological polar surface area (TPSA) is 44.8 Å². The van der Waals surface area contributed by atoms with Gasteiger partial charge in [0.2, 0.25) is 0 Å². The van der Waals surface area contributed by atoms with Gasteiger partial charge >= 0.3 is 8.25 Å². The van der Waals surface area contributed by atoms with E-state index in [9.17, 15) is 4.57 Å². The highest BCUT2D eigenvalue weighted by atomic mass is 31.1. The van der Waals surface area contributed by atoms with E-state index in [0.29, 0.717) is 13.2 Å². The molecular weight excluding hydrogens is 167 g/mol. The summed E-state index contributed by atoms with van der Waals surface area (Å²) in [6.45, 7) is 3.02. The number of hydrogen-bond donors (Lipinski definition) is 0. The van der Waals surface area contributed by atoms with Crippen molar-refractivity contribution in [2.24, 2.45) is 0 Å². The van der Waals surface area contributed by atoms with Crippen molar-refractivity contribution in [1.29, 1.82) is 0 Å². The van der Waals surface area contributed by atoms with Gasteiger partial charge in [-0.2, -0.15) is 0 Å². The van der Waals surface area contributed by atoms with Crippen molar-refractivity contribution in [3.05, 3.63) is 0 Å². The van der Waals surface area contributed by atoms with Crippen molar-refractivity contribution < 1.29 is 18.3 Å². The van der Waals surface area contributed by atoms with E-state index in [4.69, 9.17) is 9.26 Å². The van der Waals surface area contributed by atoms with Crippen molar-refractivity contribution >= 4 is 8.25 Å². The van der Waals surface area contributed by atoms with E-state index in [1.165, 1.54) is 0 Å². The van der Waals surface area contributed by atoms with Crippen LogP contribution in [0.5, 0.6) is 0 Å². The molecule has 1 saturated heterocycles. The molecule has 0 saturated carbocycles. The molecule has 0 aliphatic carbocycles. The second kappa shape index (κ2) is 4.78. The van der Waals surface area contributed by atoms with E-state index in [0.717, 1.165) is 12.8 Å². The van der Waals surface area contributed by atoms with Crippen LogP contribution in [0.3, 0.4) is 0 Å². The molecule has 1 radical (unpaired) electrons. The summed E-state index contributed by atoms with van der Waals surface area (Å²) < 4.78 is 25.1. The van der Waals surface area contributed by atoms with Gasteiger partial charge in [-0.15, -0.1) is 0 Å². The number of rotatable bonds is 4. The van der Waals surface area contributed by atoms with Crippen LogP contribution >= 0.6 is 8.25 Å². The second-order valence-corrected chi connectivity index (χ2v) is 3.19. The van der Waals surface area contributed by atoms with Crippen LogP contribution < -0.4 is 0 Å². The van der Waals surface area contributed by atoms with Crippen LogP contribution in [0.1, 0.15) is 19.8 Å². The lowest BCUT2D eigenvalue weighted by atomic mass is 10.4. The number of hydrogen-bond acceptors (Lipinski definition) is 4. The minimum Gasteiger partial charge on any atom is -0.349 e. The van der Waals surface area contributed by atoms with E-state index >= 15 is 0 Å². The molecular formula is C6H12O4P. The summed E-state index contributed by atoms with van der Waals surface area (Å²) >= 11 is 0. The normalized spacial score (nSPS) is 27.7. The van der Waals surface area contributed by atoms with Crippen LogP contribution in [0.25, 0.3) is 0 Å². The summed E-state index contributed by atoms with van der Waals surface area (Å²) in [5.74, 6) is 0. The summed E-state index contributed by atoms with van der Waals surface area (Å²) in [4.78, 5) is 0. The molecule has 0 bridgehead atoms. The van der Waals surface area contributed by atoms with Crippen molar-refractivity contribution in [2.75, 3.05) is 13.2 Å². The summed E-state index contributed by atoms with van der Waals surface area (Å²) in [5.41, 5.74) is 0. The Morgan fingerprint density at radius 1 is 1.73 bits per heavy atom. The molecule has 2 unspecified atom stereocenters. The fraction of sp³-hybridized carbons (Fsp3) is 1.00. The minimum absolute atomic E-state index is 0.291. The first kappa shape index (κ1) is 9.07. The molecule has 4 nitrogen and oxygen atoms in total. The molecule has 2 atom stereocenters. The summed E-state index contributed by atoms with van der Waals surface area (Å²) in [5, 5.41) is 0. The third-order valence-corrected chi connectivity index (χ3v) is 2.09. The van der Waals surface area contributed by atoms with Crippen LogP contribution in [0.15, 0.2) is 0 Å². The number of ether oxygens (including phenoxy) is 1. The monoisotopic (exact) mass is 179 g/mol. The molecule has 0 aromatic carbocycles. The van der Waals surface area contributed by atoms with Gasteiger partial charge in [-0.25, -0.2) is 9.09 Å². The van der Waals surface area contributed by atoms with Crippen molar-refractivity contribution in [2.45, 2.75) is 26.1 Å². The third kappa shape index (κ3) is 3.25. The SMILES string of the molecule is CCCCOC1CO[P](=O)O1. The van der Waals surface area contributed by atoms with Crippen LogP contribution in [0, 0.1) is 0 Å². The van der Waals surface area contributed by atoms with Gasteiger partial charge in [0.25, 0.3) is 0 Å². The van der Waals surface area contributed by atoms with Gasteiger partial charge in [-0.05, 0) is 6.42 Å². The van der Waals surface area contributed by atoms with Gasteiger partial charge in [0, 0.05) is 6.61 Å². The Labute approximate surface area is 66.8 Å². The fourth-order valence-electron chi connectivity index (χ4n) is 0.716. The quantitative estimate of drug-likeness (QED) is 0.487. The van der Waals surface area contributed by atoms with Crippen LogP contribution in [0.4, 0.5) is 0 Å². The van der Waals surface area contributed by atoms with Crippen LogP contribution in [0.2, 0.25) is 0 Å². The van der Waals surface area contributed by atoms with E-state index in [1.54, 1.807) is 0 Å². The van der Waals surface area contributed by atoms with E-state index in [2.05, 4.69) is 11.4 Å². The molecule has 1 fully saturated rings. The highest BCUT2D eigenvalue weighted by molar-refractivity contribution is 7.33. The van der Waals surface area contributed by atoms with Gasteiger partial charge in [-0.3, -0.25) is 4.52 Å². The highest BCUT2D eigenvalue weighted by Gasteiger charge is 2.23. The zero-order valence-corrected chi connectivity index (χ0v) is 7.38. The lowest BCUT2D eigenvalue weighted by Crippen LogP contribution is -2.14. The molecule has 5 heteroatoms. The van der Waals surface area contributed by atoms with Crippen molar-refractivity contribution in [3.63, 3.8) is 0 Å². The standard InChI is InChI=1S/C6H12O4P/c1-2-3-4-8-6-5-9-11(7)10-6/h6H,2-5H2,1H3. The Balaban J connectivity index is 2.04. The molecule has 1 rings (SSSR count). The summed E-state index contributed by atoms with van der Waals surface area (Å²) in [7, 11) is -1.90. The third-order valence-electron chi connectivity index (χ3n) is 1.32. The van der Waals surface area contributed by atoms with Gasteiger partial charge in [-0.1, -0.05) is 13.3 Å². The average molecular weight is 179 g/mol. The summed E-state index contributed by atoms with van der Waals surface area (Å²) in [6.07, 6.45) is 1.67. The van der Waals surface area contributed by atoms with Crippen LogP contribution in [-0.4, -0.2) is 19.5 Å². The van der Waals surface area contributed by atoms with Crippen molar-refractivity contribution in [1.82, 2.24) is 0 Å². The molecule has 1 heterocycles. The van der Waals surface area contributed by atoms with Crippen LogP contribution in [-0.2, 0) is 18.3 Å². The molecule has 1 aliphatic rings. The maximum absolute atomic E-state index is 10.5. The van der Waals surface area contributed by atoms with Gasteiger partial charge < -0.3 is 4.74 Å². The first-order valence-electron chi connectivity index (χ1n) is 3.71. The van der Waals surface area contributed by atoms with E-state index in [-0.39, 0.29) is 0 Å². The molecule has 0 amide bonds. The Kier molecular flexibility index (Phi) is 3.94. The average Bonchev–Trinajstić information content (AvgIpc) is 2.37. The lowest BCUT2D eigenvalue weighted by molar-refractivity contribution is -0.0666. The maximum atomic E-state index is 10.5. The first-order chi connectivity index (χ1) is 5.33. The Hall–Kier alpha value is -0.0200. The van der Waals surface area contributed by atoms with Crippen molar-refractivity contribution in [3.8, 4) is 0 Å². The minimum atomic E-state index is -1.90. The zero-order valence-electron chi connectivity index (χ0n) is 6.49. The molecule has 0 aromatic heterocycles. The predicted octanol–water partition coefficient (Wildman–Crippen LogP) is 1.83. The largest absolute Gasteiger partial charge is 0.371 e. The number of unbranched alkanes of at least 4 members (excludes halogenated alkanes) is 1. The smallest absolute Gasteiger partial charge is 0.349 e. The highest BCUT2D eigenvalue weighted by Crippen LogP contribution is 2.33. The van der Waals surface area contributed by atoms with E-state index in [1.807, 2.05) is 0 Å². The molecule has 0 aromatic rings. The van der Waals surface area contributed by atoms with Gasteiger partial charge in [0.1, 0.15) is 6.61 Å². The fourth-order valence-corrected chi connectivity index (χ4v) is 1.33. The Morgan fingerprint density at radius 3 is 3.09 bits per heavy atom. The Morgan fingerprint density at radius 2 is 2.55 bits per heavy atom. The molecule has 11 heavy (non-hydrogen) atoms. The maximum Gasteiger partial charge on any atom is 0.371 e. The molecule has 0 N–H and O–H groups in total. The molecule has 65 valence electrons.